The van der Waals surface area contributed by atoms with Crippen LogP contribution in [-0.4, -0.2) is 18.3 Å². The van der Waals surface area contributed by atoms with Gasteiger partial charge in [-0.15, -0.1) is 0 Å². The molecule has 0 radical (unpaired) electrons. The first kappa shape index (κ1) is 27.2. The smallest absolute Gasteiger partial charge is 0.399 e. The van der Waals surface area contributed by atoms with Gasteiger partial charge in [0.15, 0.2) is 0 Å². The number of rotatable bonds is 3. The van der Waals surface area contributed by atoms with Crippen LogP contribution in [0.15, 0.2) is 127 Å². The van der Waals surface area contributed by atoms with E-state index in [2.05, 4.69) is 155 Å². The van der Waals surface area contributed by atoms with Crippen molar-refractivity contribution >= 4 is 77.2 Å². The molecule has 0 unspecified atom stereocenters. The Kier molecular flexibility index (Phi) is 5.39. The molecule has 0 atom stereocenters. The second-order valence-corrected chi connectivity index (χ2v) is 14.2. The fourth-order valence-corrected chi connectivity index (χ4v) is 8.38. The van der Waals surface area contributed by atoms with Gasteiger partial charge in [-0.3, -0.25) is 0 Å². The zero-order valence-corrected chi connectivity index (χ0v) is 27.0. The average molecular weight is 605 g/mol. The van der Waals surface area contributed by atoms with E-state index in [1.165, 1.54) is 86.9 Å². The van der Waals surface area contributed by atoms with Crippen LogP contribution in [0.5, 0.6) is 0 Å². The molecule has 1 fully saturated rings. The van der Waals surface area contributed by atoms with Crippen LogP contribution < -0.4 is 5.46 Å². The molecule has 0 bridgehead atoms. The quantitative estimate of drug-likeness (QED) is 0.187. The summed E-state index contributed by atoms with van der Waals surface area (Å²) in [5.74, 6) is 0. The van der Waals surface area contributed by atoms with Crippen molar-refractivity contribution in [3.63, 3.8) is 0 Å². The summed E-state index contributed by atoms with van der Waals surface area (Å²) < 4.78 is 13.3. The first-order valence-corrected chi connectivity index (χ1v) is 16.6. The minimum absolute atomic E-state index is 0.415. The molecule has 0 aromatic heterocycles. The Morgan fingerprint density at radius 1 is 0.383 bits per heavy atom. The van der Waals surface area contributed by atoms with Crippen molar-refractivity contribution in [3.05, 3.63) is 127 Å². The van der Waals surface area contributed by atoms with Crippen molar-refractivity contribution in [1.29, 1.82) is 0 Å². The SMILES string of the molecule is CC1(C)OB(c2ccc3c4c2cccc4c2c(-c4ccccc4-c4ccccc4)c4cccc5c6ccccc6c(c45)c32)OC1(C)C. The summed E-state index contributed by atoms with van der Waals surface area (Å²) in [5, 5.41) is 15.6. The van der Waals surface area contributed by atoms with E-state index in [4.69, 9.17) is 9.31 Å². The third kappa shape index (κ3) is 3.54. The molecule has 1 saturated heterocycles. The monoisotopic (exact) mass is 604 g/mol. The lowest BCUT2D eigenvalue weighted by Gasteiger charge is -2.32. The maximum absolute atomic E-state index is 6.63. The summed E-state index contributed by atoms with van der Waals surface area (Å²) in [5.41, 5.74) is 5.28. The Balaban J connectivity index is 1.42. The third-order valence-corrected chi connectivity index (χ3v) is 11.2. The molecule has 1 aliphatic heterocycles. The lowest BCUT2D eigenvalue weighted by molar-refractivity contribution is 0.00578. The van der Waals surface area contributed by atoms with Gasteiger partial charge in [-0.05, 0) is 120 Å². The molecule has 0 aliphatic carbocycles. The van der Waals surface area contributed by atoms with Crippen molar-refractivity contribution < 1.29 is 9.31 Å². The summed E-state index contributed by atoms with van der Waals surface area (Å²) in [6, 6.07) is 46.9. The van der Waals surface area contributed by atoms with E-state index in [0.29, 0.717) is 0 Å². The molecular formula is C44H33BO2. The van der Waals surface area contributed by atoms with Gasteiger partial charge >= 0.3 is 7.12 Å². The Bertz CT molecular complexity index is 2670. The minimum atomic E-state index is -0.437. The van der Waals surface area contributed by atoms with Crippen LogP contribution in [0.4, 0.5) is 0 Å². The predicted octanol–water partition coefficient (Wildman–Crippen LogP) is 11.1. The lowest BCUT2D eigenvalue weighted by Crippen LogP contribution is -2.41. The van der Waals surface area contributed by atoms with Crippen molar-refractivity contribution in [2.45, 2.75) is 38.9 Å². The van der Waals surface area contributed by atoms with E-state index in [-0.39, 0.29) is 0 Å². The molecule has 9 aromatic carbocycles. The zero-order valence-electron chi connectivity index (χ0n) is 27.0. The van der Waals surface area contributed by atoms with Crippen molar-refractivity contribution in [2.75, 3.05) is 0 Å². The van der Waals surface area contributed by atoms with Crippen molar-refractivity contribution in [3.8, 4) is 22.3 Å². The van der Waals surface area contributed by atoms with Crippen LogP contribution in [0, 0.1) is 0 Å². The summed E-state index contributed by atoms with van der Waals surface area (Å²) in [6.45, 7) is 8.51. The van der Waals surface area contributed by atoms with Crippen LogP contribution in [0.3, 0.4) is 0 Å². The molecule has 2 nitrogen and oxygen atoms in total. The van der Waals surface area contributed by atoms with E-state index < -0.39 is 18.3 Å². The maximum Gasteiger partial charge on any atom is 0.495 e. The number of benzene rings is 7. The van der Waals surface area contributed by atoms with Crippen molar-refractivity contribution in [2.24, 2.45) is 0 Å². The summed E-state index contributed by atoms with van der Waals surface area (Å²) in [6.07, 6.45) is 0. The maximum atomic E-state index is 6.63. The molecule has 0 saturated carbocycles. The molecule has 1 heterocycles. The largest absolute Gasteiger partial charge is 0.495 e. The van der Waals surface area contributed by atoms with E-state index in [9.17, 15) is 0 Å². The second-order valence-electron chi connectivity index (χ2n) is 14.2. The van der Waals surface area contributed by atoms with E-state index in [0.717, 1.165) is 5.46 Å². The van der Waals surface area contributed by atoms with Gasteiger partial charge in [0.1, 0.15) is 0 Å². The molecule has 1 aliphatic rings. The second kappa shape index (κ2) is 9.32. The van der Waals surface area contributed by atoms with Gasteiger partial charge in [0.2, 0.25) is 0 Å². The first-order valence-electron chi connectivity index (χ1n) is 16.6. The molecule has 0 amide bonds. The molecule has 0 N–H and O–H groups in total. The summed E-state index contributed by atoms with van der Waals surface area (Å²) in [7, 11) is -0.437. The van der Waals surface area contributed by atoms with Gasteiger partial charge in [0, 0.05) is 0 Å². The molecule has 10 rings (SSSR count). The number of hydrogen-bond donors (Lipinski definition) is 0. The lowest BCUT2D eigenvalue weighted by atomic mass is 9.75. The Labute approximate surface area is 274 Å². The minimum Gasteiger partial charge on any atom is -0.399 e. The van der Waals surface area contributed by atoms with Crippen LogP contribution in [0.25, 0.3) is 86.9 Å². The fourth-order valence-electron chi connectivity index (χ4n) is 8.38. The normalized spacial score (nSPS) is 16.2. The topological polar surface area (TPSA) is 18.5 Å². The highest BCUT2D eigenvalue weighted by molar-refractivity contribution is 6.66. The number of hydrogen-bond acceptors (Lipinski definition) is 2. The van der Waals surface area contributed by atoms with Crippen molar-refractivity contribution in [1.82, 2.24) is 0 Å². The molecule has 224 valence electrons. The van der Waals surface area contributed by atoms with E-state index in [1.807, 2.05) is 0 Å². The highest BCUT2D eigenvalue weighted by Crippen LogP contribution is 2.54. The average Bonchev–Trinajstić information content (AvgIpc) is 3.67. The Hall–Kier alpha value is -4.96. The molecule has 47 heavy (non-hydrogen) atoms. The van der Waals surface area contributed by atoms with Gasteiger partial charge in [0.25, 0.3) is 0 Å². The predicted molar refractivity (Wildman–Crippen MR) is 200 cm³/mol. The van der Waals surface area contributed by atoms with Crippen LogP contribution in [0.2, 0.25) is 0 Å². The fraction of sp³-hybridized carbons (Fsp3) is 0.136. The molecule has 3 heteroatoms. The Morgan fingerprint density at radius 2 is 0.915 bits per heavy atom. The van der Waals surface area contributed by atoms with Gasteiger partial charge in [-0.25, -0.2) is 0 Å². The molecule has 0 spiro atoms. The van der Waals surface area contributed by atoms with Gasteiger partial charge in [-0.1, -0.05) is 127 Å². The van der Waals surface area contributed by atoms with Crippen LogP contribution in [-0.2, 0) is 9.31 Å². The van der Waals surface area contributed by atoms with Gasteiger partial charge in [-0.2, -0.15) is 0 Å². The molecule has 9 aromatic rings. The number of fused-ring (bicyclic) bond motifs is 7. The van der Waals surface area contributed by atoms with E-state index in [1.54, 1.807) is 0 Å². The highest BCUT2D eigenvalue weighted by Gasteiger charge is 2.52. The third-order valence-electron chi connectivity index (χ3n) is 11.2. The summed E-state index contributed by atoms with van der Waals surface area (Å²) >= 11 is 0. The summed E-state index contributed by atoms with van der Waals surface area (Å²) in [4.78, 5) is 0. The standard InChI is InChI=1S/C44H33BO2/c1-43(2)44(3,4)47-45(46-43)36-25-24-35-37-32(36)21-13-22-33(37)41-38(29-18-10-8-16-27(29)26-14-6-5-7-15-26)34-23-12-20-30-28-17-9-11-19-31(28)40(39(30)34)42(35)41/h5-25H,1-4H3. The highest BCUT2D eigenvalue weighted by atomic mass is 16.7. The van der Waals surface area contributed by atoms with Crippen LogP contribution >= 0.6 is 0 Å². The Morgan fingerprint density at radius 3 is 1.68 bits per heavy atom. The first-order chi connectivity index (χ1) is 22.8. The molecular weight excluding hydrogens is 571 g/mol. The zero-order chi connectivity index (χ0) is 31.7. The van der Waals surface area contributed by atoms with Gasteiger partial charge in [0.05, 0.1) is 11.2 Å². The van der Waals surface area contributed by atoms with Gasteiger partial charge < -0.3 is 9.31 Å². The van der Waals surface area contributed by atoms with E-state index >= 15 is 0 Å². The van der Waals surface area contributed by atoms with Crippen LogP contribution in [0.1, 0.15) is 27.7 Å².